The molecule has 0 unspecified atom stereocenters. The van der Waals surface area contributed by atoms with Crippen LogP contribution in [0.15, 0.2) is 18.2 Å². The molecule has 102 valence electrons. The zero-order valence-corrected chi connectivity index (χ0v) is 12.9. The second-order valence-electron chi connectivity index (χ2n) is 4.70. The fraction of sp³-hybridized carbons (Fsp3) is 0.571. The summed E-state index contributed by atoms with van der Waals surface area (Å²) >= 11 is 12.1. The Balaban J connectivity index is 2.92. The molecule has 0 fully saturated rings. The molecule has 0 amide bonds. The Morgan fingerprint density at radius 3 is 2.39 bits per heavy atom. The highest BCUT2D eigenvalue weighted by Gasteiger charge is 2.11. The molecule has 1 aromatic rings. The van der Waals surface area contributed by atoms with Crippen molar-refractivity contribution >= 4 is 28.9 Å². The Kier molecular flexibility index (Phi) is 6.83. The smallest absolute Gasteiger partial charge is 0.0494 e. The first-order valence-electron chi connectivity index (χ1n) is 6.32. The molecule has 0 aliphatic heterocycles. The van der Waals surface area contributed by atoms with Crippen LogP contribution in [-0.2, 0) is 5.88 Å². The Morgan fingerprint density at radius 1 is 1.11 bits per heavy atom. The monoisotopic (exact) mass is 288 g/mol. The van der Waals surface area contributed by atoms with Gasteiger partial charge < -0.3 is 9.80 Å². The summed E-state index contributed by atoms with van der Waals surface area (Å²) in [5.74, 6) is 0.523. The van der Waals surface area contributed by atoms with Crippen molar-refractivity contribution in [2.24, 2.45) is 0 Å². The third-order valence-corrected chi connectivity index (χ3v) is 3.37. The SMILES string of the molecule is CCCN(CCN(C)C)c1cc(Cl)ccc1CCl. The highest BCUT2D eigenvalue weighted by Crippen LogP contribution is 2.26. The summed E-state index contributed by atoms with van der Waals surface area (Å²) in [5, 5.41) is 0.768. The van der Waals surface area contributed by atoms with Gasteiger partial charge in [0.2, 0.25) is 0 Å². The minimum Gasteiger partial charge on any atom is -0.370 e. The predicted octanol–water partition coefficient (Wildman–Crippen LogP) is 3.86. The average Bonchev–Trinajstić information content (AvgIpc) is 2.34. The third kappa shape index (κ3) is 4.68. The van der Waals surface area contributed by atoms with E-state index >= 15 is 0 Å². The van der Waals surface area contributed by atoms with Gasteiger partial charge in [0.25, 0.3) is 0 Å². The standard InChI is InChI=1S/C14H22Cl2N2/c1-4-7-18(9-8-17(2)3)14-10-13(16)6-5-12(14)11-15/h5-6,10H,4,7-9,11H2,1-3H3. The highest BCUT2D eigenvalue weighted by molar-refractivity contribution is 6.31. The number of hydrogen-bond donors (Lipinski definition) is 0. The molecule has 0 bridgehead atoms. The molecule has 1 rings (SSSR count). The number of benzene rings is 1. The summed E-state index contributed by atoms with van der Waals surface area (Å²) in [6.45, 7) is 5.23. The summed E-state index contributed by atoms with van der Waals surface area (Å²) in [7, 11) is 4.18. The molecule has 0 heterocycles. The first-order chi connectivity index (χ1) is 8.58. The minimum atomic E-state index is 0.523. The highest BCUT2D eigenvalue weighted by atomic mass is 35.5. The Bertz CT molecular complexity index is 367. The molecule has 0 N–H and O–H groups in total. The third-order valence-electron chi connectivity index (χ3n) is 2.84. The van der Waals surface area contributed by atoms with Crippen LogP contribution in [0.3, 0.4) is 0 Å². The van der Waals surface area contributed by atoms with Gasteiger partial charge in [-0.25, -0.2) is 0 Å². The van der Waals surface area contributed by atoms with Crippen LogP contribution in [0.4, 0.5) is 5.69 Å². The van der Waals surface area contributed by atoms with Crippen molar-refractivity contribution < 1.29 is 0 Å². The molecule has 0 aromatic heterocycles. The van der Waals surface area contributed by atoms with Crippen LogP contribution in [0.2, 0.25) is 5.02 Å². The van der Waals surface area contributed by atoms with E-state index in [1.165, 1.54) is 5.69 Å². The van der Waals surface area contributed by atoms with Crippen LogP contribution >= 0.6 is 23.2 Å². The second kappa shape index (κ2) is 7.88. The number of anilines is 1. The second-order valence-corrected chi connectivity index (χ2v) is 5.40. The molecule has 0 radical (unpaired) electrons. The van der Waals surface area contributed by atoms with E-state index in [9.17, 15) is 0 Å². The van der Waals surface area contributed by atoms with Crippen LogP contribution in [-0.4, -0.2) is 38.6 Å². The maximum atomic E-state index is 6.10. The Morgan fingerprint density at radius 2 is 1.83 bits per heavy atom. The van der Waals surface area contributed by atoms with Crippen molar-refractivity contribution in [3.8, 4) is 0 Å². The van der Waals surface area contributed by atoms with Crippen LogP contribution in [0, 0.1) is 0 Å². The van der Waals surface area contributed by atoms with Gasteiger partial charge in [0.1, 0.15) is 0 Å². The largest absolute Gasteiger partial charge is 0.370 e. The van der Waals surface area contributed by atoms with Crippen LogP contribution in [0.5, 0.6) is 0 Å². The first kappa shape index (κ1) is 15.6. The van der Waals surface area contributed by atoms with Gasteiger partial charge in [-0.3, -0.25) is 0 Å². The number of hydrogen-bond acceptors (Lipinski definition) is 2. The molecule has 0 aliphatic carbocycles. The fourth-order valence-corrected chi connectivity index (χ4v) is 2.28. The van der Waals surface area contributed by atoms with E-state index in [2.05, 4.69) is 30.8 Å². The van der Waals surface area contributed by atoms with E-state index in [-0.39, 0.29) is 0 Å². The predicted molar refractivity (Wildman–Crippen MR) is 82.1 cm³/mol. The van der Waals surface area contributed by atoms with E-state index in [0.717, 1.165) is 36.6 Å². The first-order valence-corrected chi connectivity index (χ1v) is 7.23. The van der Waals surface area contributed by atoms with Gasteiger partial charge in [0.05, 0.1) is 0 Å². The number of rotatable bonds is 7. The molecular formula is C14H22Cl2N2. The Labute approximate surface area is 120 Å². The molecule has 4 heteroatoms. The lowest BCUT2D eigenvalue weighted by molar-refractivity contribution is 0.413. The molecular weight excluding hydrogens is 267 g/mol. The average molecular weight is 289 g/mol. The van der Waals surface area contributed by atoms with Crippen molar-refractivity contribution in [3.05, 3.63) is 28.8 Å². The van der Waals surface area contributed by atoms with Gasteiger partial charge in [-0.1, -0.05) is 24.6 Å². The van der Waals surface area contributed by atoms with Gasteiger partial charge >= 0.3 is 0 Å². The van der Waals surface area contributed by atoms with Gasteiger partial charge in [0.15, 0.2) is 0 Å². The van der Waals surface area contributed by atoms with Crippen LogP contribution < -0.4 is 4.90 Å². The zero-order chi connectivity index (χ0) is 13.5. The minimum absolute atomic E-state index is 0.523. The number of alkyl halides is 1. The maximum absolute atomic E-state index is 6.10. The maximum Gasteiger partial charge on any atom is 0.0494 e. The van der Waals surface area contributed by atoms with Crippen molar-refractivity contribution in [3.63, 3.8) is 0 Å². The quantitative estimate of drug-likeness (QED) is 0.703. The lowest BCUT2D eigenvalue weighted by Crippen LogP contribution is -2.32. The molecule has 2 nitrogen and oxygen atoms in total. The van der Waals surface area contributed by atoms with Crippen LogP contribution in [0.1, 0.15) is 18.9 Å². The molecule has 18 heavy (non-hydrogen) atoms. The summed E-state index contributed by atoms with van der Waals surface area (Å²) in [6.07, 6.45) is 1.11. The summed E-state index contributed by atoms with van der Waals surface area (Å²) in [5.41, 5.74) is 2.31. The van der Waals surface area contributed by atoms with Crippen molar-refractivity contribution in [2.45, 2.75) is 19.2 Å². The van der Waals surface area contributed by atoms with Gasteiger partial charge in [-0.2, -0.15) is 0 Å². The van der Waals surface area contributed by atoms with Crippen molar-refractivity contribution in [1.82, 2.24) is 4.90 Å². The number of halogens is 2. The van der Waals surface area contributed by atoms with E-state index in [0.29, 0.717) is 5.88 Å². The van der Waals surface area contributed by atoms with Crippen LogP contribution in [0.25, 0.3) is 0 Å². The molecule has 0 aliphatic rings. The van der Waals surface area contributed by atoms with E-state index in [1.54, 1.807) is 0 Å². The summed E-state index contributed by atoms with van der Waals surface area (Å²) in [4.78, 5) is 4.55. The van der Waals surface area contributed by atoms with Gasteiger partial charge in [0, 0.05) is 36.2 Å². The number of likely N-dealkylation sites (N-methyl/N-ethyl adjacent to an activating group) is 1. The van der Waals surface area contributed by atoms with Gasteiger partial charge in [-0.05, 0) is 38.2 Å². The Hall–Kier alpha value is -0.440. The fourth-order valence-electron chi connectivity index (χ4n) is 1.89. The molecule has 1 aromatic carbocycles. The lowest BCUT2D eigenvalue weighted by Gasteiger charge is -2.28. The molecule has 0 saturated carbocycles. The molecule has 0 saturated heterocycles. The summed E-state index contributed by atoms with van der Waals surface area (Å²) in [6, 6.07) is 5.94. The molecule has 0 atom stereocenters. The lowest BCUT2D eigenvalue weighted by atomic mass is 10.1. The van der Waals surface area contributed by atoms with E-state index < -0.39 is 0 Å². The van der Waals surface area contributed by atoms with Crippen molar-refractivity contribution in [1.29, 1.82) is 0 Å². The summed E-state index contributed by atoms with van der Waals surface area (Å²) < 4.78 is 0. The van der Waals surface area contributed by atoms with E-state index in [1.807, 2.05) is 18.2 Å². The van der Waals surface area contributed by atoms with Gasteiger partial charge in [-0.15, -0.1) is 11.6 Å². The topological polar surface area (TPSA) is 6.48 Å². The van der Waals surface area contributed by atoms with E-state index in [4.69, 9.17) is 23.2 Å². The molecule has 0 spiro atoms. The normalized spacial score (nSPS) is 11.0. The number of nitrogens with zero attached hydrogens (tertiary/aromatic N) is 2. The zero-order valence-electron chi connectivity index (χ0n) is 11.4. The van der Waals surface area contributed by atoms with Crippen molar-refractivity contribution in [2.75, 3.05) is 38.6 Å².